The van der Waals surface area contributed by atoms with Crippen LogP contribution in [0.4, 0.5) is 0 Å². The molecule has 0 aliphatic carbocycles. The summed E-state index contributed by atoms with van der Waals surface area (Å²) in [7, 11) is -2.37. The topological polar surface area (TPSA) is 75.7 Å². The molecule has 3 aromatic rings. The summed E-state index contributed by atoms with van der Waals surface area (Å²) >= 11 is 12.2. The van der Waals surface area contributed by atoms with Crippen LogP contribution in [0.5, 0.6) is 5.75 Å². The lowest BCUT2D eigenvalue weighted by molar-refractivity contribution is -0.121. The highest BCUT2D eigenvalue weighted by Crippen LogP contribution is 2.25. The second-order valence-corrected chi connectivity index (χ2v) is 9.73. The molecule has 0 bridgehead atoms. The van der Waals surface area contributed by atoms with E-state index in [0.29, 0.717) is 21.4 Å². The van der Waals surface area contributed by atoms with Crippen molar-refractivity contribution < 1.29 is 17.9 Å². The van der Waals surface area contributed by atoms with E-state index in [2.05, 4.69) is 5.32 Å². The van der Waals surface area contributed by atoms with Crippen LogP contribution in [0.2, 0.25) is 10.0 Å². The van der Waals surface area contributed by atoms with Gasteiger partial charge in [-0.05, 0) is 47.5 Å². The number of carbonyl (C=O) groups is 1. The van der Waals surface area contributed by atoms with Gasteiger partial charge in [0.25, 0.3) is 0 Å². The quantitative estimate of drug-likeness (QED) is 0.476. The minimum atomic E-state index is -3.95. The number of ether oxygens (including phenoxy) is 1. The molecule has 0 saturated carbocycles. The van der Waals surface area contributed by atoms with Gasteiger partial charge < -0.3 is 10.1 Å². The number of hydrogen-bond donors (Lipinski definition) is 1. The molecule has 0 unspecified atom stereocenters. The van der Waals surface area contributed by atoms with Crippen LogP contribution in [0.25, 0.3) is 0 Å². The Kier molecular flexibility index (Phi) is 8.15. The average molecular weight is 493 g/mol. The molecule has 0 spiro atoms. The maximum atomic E-state index is 13.3. The van der Waals surface area contributed by atoms with Gasteiger partial charge in [-0.2, -0.15) is 4.31 Å². The molecule has 3 aromatic carbocycles. The first-order valence-corrected chi connectivity index (χ1v) is 11.9. The van der Waals surface area contributed by atoms with Crippen LogP contribution in [0.3, 0.4) is 0 Å². The SMILES string of the molecule is COc1ccc(CNC(=O)CN(Cc2ccc(Cl)cc2Cl)S(=O)(=O)c2ccccc2)cc1. The molecule has 9 heteroatoms. The molecule has 0 atom stereocenters. The zero-order valence-corrected chi connectivity index (χ0v) is 19.6. The second-order valence-electron chi connectivity index (χ2n) is 6.95. The first-order valence-electron chi connectivity index (χ1n) is 9.68. The van der Waals surface area contributed by atoms with Gasteiger partial charge >= 0.3 is 0 Å². The van der Waals surface area contributed by atoms with Crippen LogP contribution in [-0.2, 0) is 27.9 Å². The normalized spacial score (nSPS) is 11.4. The number of carbonyl (C=O) groups excluding carboxylic acids is 1. The maximum absolute atomic E-state index is 13.3. The van der Waals surface area contributed by atoms with Gasteiger partial charge in [-0.15, -0.1) is 0 Å². The number of hydrogen-bond acceptors (Lipinski definition) is 4. The highest BCUT2D eigenvalue weighted by molar-refractivity contribution is 7.89. The molecule has 0 fully saturated rings. The van der Waals surface area contributed by atoms with Crippen LogP contribution in [-0.4, -0.2) is 32.3 Å². The average Bonchev–Trinajstić information content (AvgIpc) is 2.79. The van der Waals surface area contributed by atoms with Crippen LogP contribution in [0.1, 0.15) is 11.1 Å². The Morgan fingerprint density at radius 1 is 1.00 bits per heavy atom. The molecule has 32 heavy (non-hydrogen) atoms. The van der Waals surface area contributed by atoms with Crippen molar-refractivity contribution in [2.75, 3.05) is 13.7 Å². The largest absolute Gasteiger partial charge is 0.497 e. The standard InChI is InChI=1S/C23H22Cl2N2O4S/c1-31-20-11-7-17(8-12-20)14-26-23(28)16-27(15-18-9-10-19(24)13-22(18)25)32(29,30)21-5-3-2-4-6-21/h2-13H,14-16H2,1H3,(H,26,28). The minimum Gasteiger partial charge on any atom is -0.497 e. The lowest BCUT2D eigenvalue weighted by Gasteiger charge is -2.22. The smallest absolute Gasteiger partial charge is 0.243 e. The maximum Gasteiger partial charge on any atom is 0.243 e. The number of sulfonamides is 1. The Morgan fingerprint density at radius 3 is 2.31 bits per heavy atom. The first kappa shape index (κ1) is 24.1. The van der Waals surface area contributed by atoms with Crippen molar-refractivity contribution in [3.63, 3.8) is 0 Å². The Labute approximate surface area is 197 Å². The van der Waals surface area contributed by atoms with Gasteiger partial charge in [-0.25, -0.2) is 8.42 Å². The van der Waals surface area contributed by atoms with Crippen molar-refractivity contribution in [1.29, 1.82) is 0 Å². The van der Waals surface area contributed by atoms with Crippen molar-refractivity contribution in [2.45, 2.75) is 18.0 Å². The number of rotatable bonds is 9. The summed E-state index contributed by atoms with van der Waals surface area (Å²) in [5, 5.41) is 3.52. The number of benzene rings is 3. The van der Waals surface area contributed by atoms with Crippen LogP contribution >= 0.6 is 23.2 Å². The summed E-state index contributed by atoms with van der Waals surface area (Å²) < 4.78 is 32.7. The van der Waals surface area contributed by atoms with Crippen LogP contribution in [0.15, 0.2) is 77.7 Å². The molecule has 0 aliphatic heterocycles. The highest BCUT2D eigenvalue weighted by atomic mass is 35.5. The van der Waals surface area contributed by atoms with Crippen molar-refractivity contribution >= 4 is 39.1 Å². The molecule has 0 saturated heterocycles. The second kappa shape index (κ2) is 10.8. The molecule has 168 valence electrons. The van der Waals surface area contributed by atoms with Gasteiger partial charge in [0.2, 0.25) is 15.9 Å². The summed E-state index contributed by atoms with van der Waals surface area (Å²) in [4.78, 5) is 12.8. The Balaban J connectivity index is 1.79. The molecule has 1 amide bonds. The van der Waals surface area contributed by atoms with E-state index in [1.165, 1.54) is 18.2 Å². The summed E-state index contributed by atoms with van der Waals surface area (Å²) in [5.74, 6) is 0.269. The Bertz CT molecular complexity index is 1170. The van der Waals surface area contributed by atoms with Crippen molar-refractivity contribution in [3.05, 3.63) is 94.0 Å². The van der Waals surface area contributed by atoms with Gasteiger partial charge in [0.15, 0.2) is 0 Å². The summed E-state index contributed by atoms with van der Waals surface area (Å²) in [6, 6.07) is 20.0. The molecule has 0 radical (unpaired) electrons. The van der Waals surface area contributed by atoms with E-state index in [9.17, 15) is 13.2 Å². The summed E-state index contributed by atoms with van der Waals surface area (Å²) in [6.45, 7) is -0.195. The van der Waals surface area contributed by atoms with Crippen molar-refractivity contribution in [1.82, 2.24) is 9.62 Å². The van der Waals surface area contributed by atoms with E-state index in [1.807, 2.05) is 12.1 Å². The predicted molar refractivity (Wildman–Crippen MR) is 125 cm³/mol. The molecule has 6 nitrogen and oxygen atoms in total. The van der Waals surface area contributed by atoms with Crippen LogP contribution in [0, 0.1) is 0 Å². The third-order valence-corrected chi connectivity index (χ3v) is 7.10. The zero-order valence-electron chi connectivity index (χ0n) is 17.3. The van der Waals surface area contributed by atoms with Crippen molar-refractivity contribution in [3.8, 4) is 5.75 Å². The minimum absolute atomic E-state index is 0.0802. The van der Waals surface area contributed by atoms with Crippen LogP contribution < -0.4 is 10.1 Å². The fraction of sp³-hybridized carbons (Fsp3) is 0.174. The highest BCUT2D eigenvalue weighted by Gasteiger charge is 2.27. The fourth-order valence-corrected chi connectivity index (χ4v) is 4.83. The van der Waals surface area contributed by atoms with E-state index < -0.39 is 15.9 Å². The van der Waals surface area contributed by atoms with E-state index in [0.717, 1.165) is 9.87 Å². The Hall–Kier alpha value is -2.58. The lowest BCUT2D eigenvalue weighted by atomic mass is 10.2. The third kappa shape index (κ3) is 6.23. The molecule has 0 aliphatic rings. The predicted octanol–water partition coefficient (Wildman–Crippen LogP) is 4.51. The van der Waals surface area contributed by atoms with Gasteiger partial charge in [-0.1, -0.05) is 59.6 Å². The third-order valence-electron chi connectivity index (χ3n) is 4.71. The van der Waals surface area contributed by atoms with E-state index in [-0.39, 0.29) is 24.5 Å². The molecular formula is C23H22Cl2N2O4S. The van der Waals surface area contributed by atoms with E-state index in [1.54, 1.807) is 49.6 Å². The summed E-state index contributed by atoms with van der Waals surface area (Å²) in [6.07, 6.45) is 0. The Morgan fingerprint density at radius 2 is 1.69 bits per heavy atom. The van der Waals surface area contributed by atoms with Crippen molar-refractivity contribution in [2.24, 2.45) is 0 Å². The van der Waals surface area contributed by atoms with Gasteiger partial charge in [0, 0.05) is 23.1 Å². The zero-order chi connectivity index (χ0) is 23.1. The number of nitrogens with zero attached hydrogens (tertiary/aromatic N) is 1. The summed E-state index contributed by atoms with van der Waals surface area (Å²) in [5.41, 5.74) is 1.40. The molecule has 0 aromatic heterocycles. The van der Waals surface area contributed by atoms with Gasteiger partial charge in [0.1, 0.15) is 5.75 Å². The number of halogens is 2. The number of methoxy groups -OCH3 is 1. The molecule has 3 rings (SSSR count). The van der Waals surface area contributed by atoms with E-state index >= 15 is 0 Å². The molecule has 0 heterocycles. The molecular weight excluding hydrogens is 471 g/mol. The van der Waals surface area contributed by atoms with Gasteiger partial charge in [0.05, 0.1) is 18.6 Å². The number of amides is 1. The molecule has 1 N–H and O–H groups in total. The van der Waals surface area contributed by atoms with E-state index in [4.69, 9.17) is 27.9 Å². The fourth-order valence-electron chi connectivity index (χ4n) is 2.97. The monoisotopic (exact) mass is 492 g/mol. The van der Waals surface area contributed by atoms with Gasteiger partial charge in [-0.3, -0.25) is 4.79 Å². The number of nitrogens with one attached hydrogen (secondary N) is 1. The first-order chi connectivity index (χ1) is 15.3. The lowest BCUT2D eigenvalue weighted by Crippen LogP contribution is -2.40.